The molecule has 4 heteroatoms. The van der Waals surface area contributed by atoms with E-state index in [0.29, 0.717) is 0 Å². The third-order valence-electron chi connectivity index (χ3n) is 2.46. The van der Waals surface area contributed by atoms with Crippen LogP contribution in [0, 0.1) is 20.8 Å². The Bertz CT molecular complexity index is 506. The molecule has 0 bridgehead atoms. The van der Waals surface area contributed by atoms with Crippen molar-refractivity contribution in [3.63, 3.8) is 0 Å². The molecule has 16 heavy (non-hydrogen) atoms. The summed E-state index contributed by atoms with van der Waals surface area (Å²) in [5, 5.41) is 15.4. The molecule has 1 aromatic heterocycles. The number of aromatic amines is 1. The number of rotatable bonds is 2. The van der Waals surface area contributed by atoms with Crippen molar-refractivity contribution in [3.8, 4) is 0 Å². The number of hydrogen-bond donors (Lipinski definition) is 1. The van der Waals surface area contributed by atoms with E-state index in [1.165, 1.54) is 0 Å². The van der Waals surface area contributed by atoms with E-state index in [9.17, 15) is 0 Å². The maximum absolute atomic E-state index is 4.23. The van der Waals surface area contributed by atoms with E-state index in [0.717, 1.165) is 28.3 Å². The Balaban J connectivity index is 2.32. The Morgan fingerprint density at radius 2 is 1.81 bits per heavy atom. The zero-order valence-electron chi connectivity index (χ0n) is 9.65. The van der Waals surface area contributed by atoms with Gasteiger partial charge in [-0.05, 0) is 32.4 Å². The van der Waals surface area contributed by atoms with Crippen LogP contribution in [0.5, 0.6) is 0 Å². The number of H-pyrrole nitrogens is 1. The van der Waals surface area contributed by atoms with Crippen molar-refractivity contribution in [1.29, 1.82) is 0 Å². The molecule has 0 unspecified atom stereocenters. The summed E-state index contributed by atoms with van der Waals surface area (Å²) in [6, 6.07) is 7.91. The van der Waals surface area contributed by atoms with Crippen LogP contribution in [0.2, 0.25) is 0 Å². The SMILES string of the molecule is Cc1ccccc1/N=N/c1c(C)n[nH]c1C. The minimum absolute atomic E-state index is 0.822. The maximum Gasteiger partial charge on any atom is 0.129 e. The van der Waals surface area contributed by atoms with Crippen molar-refractivity contribution in [2.24, 2.45) is 10.2 Å². The van der Waals surface area contributed by atoms with E-state index >= 15 is 0 Å². The summed E-state index contributed by atoms with van der Waals surface area (Å²) in [7, 11) is 0. The Hall–Kier alpha value is -1.97. The van der Waals surface area contributed by atoms with Gasteiger partial charge in [-0.25, -0.2) is 0 Å². The fraction of sp³-hybridized carbons (Fsp3) is 0.250. The van der Waals surface area contributed by atoms with Gasteiger partial charge in [-0.2, -0.15) is 10.2 Å². The second-order valence-corrected chi connectivity index (χ2v) is 3.77. The van der Waals surface area contributed by atoms with Gasteiger partial charge in [0.05, 0.1) is 17.1 Å². The lowest BCUT2D eigenvalue weighted by molar-refractivity contribution is 1.02. The molecule has 4 nitrogen and oxygen atoms in total. The first-order valence-corrected chi connectivity index (χ1v) is 5.17. The number of aryl methyl sites for hydroxylation is 3. The summed E-state index contributed by atoms with van der Waals surface area (Å²) in [4.78, 5) is 0. The molecule has 0 aliphatic carbocycles. The lowest BCUT2D eigenvalue weighted by atomic mass is 10.2. The van der Waals surface area contributed by atoms with E-state index in [2.05, 4.69) is 20.4 Å². The summed E-state index contributed by atoms with van der Waals surface area (Å²) in [6.07, 6.45) is 0. The number of hydrogen-bond acceptors (Lipinski definition) is 3. The van der Waals surface area contributed by atoms with Crippen LogP contribution in [0.4, 0.5) is 11.4 Å². The minimum Gasteiger partial charge on any atom is -0.280 e. The highest BCUT2D eigenvalue weighted by molar-refractivity contribution is 5.48. The third-order valence-corrected chi connectivity index (χ3v) is 2.46. The van der Waals surface area contributed by atoms with E-state index in [1.54, 1.807) is 0 Å². The molecule has 0 aliphatic heterocycles. The average molecular weight is 214 g/mol. The first kappa shape index (κ1) is 10.5. The molecule has 0 amide bonds. The predicted molar refractivity (Wildman–Crippen MR) is 63.4 cm³/mol. The zero-order chi connectivity index (χ0) is 11.5. The Labute approximate surface area is 94.4 Å². The third kappa shape index (κ3) is 2.00. The highest BCUT2D eigenvalue weighted by Crippen LogP contribution is 2.24. The molecular formula is C12H14N4. The van der Waals surface area contributed by atoms with Crippen molar-refractivity contribution in [2.45, 2.75) is 20.8 Å². The van der Waals surface area contributed by atoms with Gasteiger partial charge in [-0.1, -0.05) is 18.2 Å². The fourth-order valence-corrected chi connectivity index (χ4v) is 1.47. The van der Waals surface area contributed by atoms with Gasteiger partial charge in [0.25, 0.3) is 0 Å². The Kier molecular flexibility index (Phi) is 2.81. The van der Waals surface area contributed by atoms with Crippen molar-refractivity contribution in [3.05, 3.63) is 41.2 Å². The molecule has 1 N–H and O–H groups in total. The number of aromatic nitrogens is 2. The lowest BCUT2D eigenvalue weighted by Gasteiger charge is -1.96. The van der Waals surface area contributed by atoms with Gasteiger partial charge in [0.15, 0.2) is 0 Å². The Morgan fingerprint density at radius 1 is 1.06 bits per heavy atom. The van der Waals surface area contributed by atoms with Gasteiger partial charge in [-0.3, -0.25) is 5.10 Å². The van der Waals surface area contributed by atoms with Crippen LogP contribution < -0.4 is 0 Å². The van der Waals surface area contributed by atoms with Crippen molar-refractivity contribution >= 4 is 11.4 Å². The number of benzene rings is 1. The summed E-state index contributed by atoms with van der Waals surface area (Å²) in [6.45, 7) is 5.87. The smallest absolute Gasteiger partial charge is 0.129 e. The first-order valence-electron chi connectivity index (χ1n) is 5.17. The molecule has 2 aromatic rings. The van der Waals surface area contributed by atoms with E-state index in [4.69, 9.17) is 0 Å². The minimum atomic E-state index is 0.822. The summed E-state index contributed by atoms with van der Waals surface area (Å²) < 4.78 is 0. The Morgan fingerprint density at radius 3 is 2.44 bits per heavy atom. The fourth-order valence-electron chi connectivity index (χ4n) is 1.47. The number of nitrogens with one attached hydrogen (secondary N) is 1. The maximum atomic E-state index is 4.23. The molecule has 0 saturated heterocycles. The van der Waals surface area contributed by atoms with Crippen molar-refractivity contribution in [2.75, 3.05) is 0 Å². The van der Waals surface area contributed by atoms with Crippen LogP contribution >= 0.6 is 0 Å². The van der Waals surface area contributed by atoms with Gasteiger partial charge in [-0.15, -0.1) is 5.11 Å². The van der Waals surface area contributed by atoms with Crippen LogP contribution in [0.3, 0.4) is 0 Å². The highest BCUT2D eigenvalue weighted by atomic mass is 15.2. The molecule has 0 radical (unpaired) electrons. The second-order valence-electron chi connectivity index (χ2n) is 3.77. The monoisotopic (exact) mass is 214 g/mol. The van der Waals surface area contributed by atoms with E-state index in [-0.39, 0.29) is 0 Å². The van der Waals surface area contributed by atoms with Crippen LogP contribution in [0.1, 0.15) is 17.0 Å². The quantitative estimate of drug-likeness (QED) is 0.760. The van der Waals surface area contributed by atoms with Gasteiger partial charge >= 0.3 is 0 Å². The summed E-state index contributed by atoms with van der Waals surface area (Å²) in [5.41, 5.74) is 4.64. The second kappa shape index (κ2) is 4.26. The van der Waals surface area contributed by atoms with Crippen LogP contribution in [0.25, 0.3) is 0 Å². The lowest BCUT2D eigenvalue weighted by Crippen LogP contribution is -1.72. The van der Waals surface area contributed by atoms with Gasteiger partial charge in [0.2, 0.25) is 0 Å². The molecule has 0 aliphatic rings. The molecule has 2 rings (SSSR count). The number of azo groups is 1. The van der Waals surface area contributed by atoms with E-state index < -0.39 is 0 Å². The standard InChI is InChI=1S/C12H14N4/c1-8-6-4-5-7-11(8)15-16-12-9(2)13-14-10(12)3/h4-7H,1-3H3,(H,13,14)/b16-15+. The molecule has 1 aromatic carbocycles. The van der Waals surface area contributed by atoms with E-state index in [1.807, 2.05) is 45.0 Å². The van der Waals surface area contributed by atoms with Gasteiger partial charge < -0.3 is 0 Å². The van der Waals surface area contributed by atoms with Gasteiger partial charge in [0.1, 0.15) is 5.69 Å². The summed E-state index contributed by atoms with van der Waals surface area (Å²) in [5.74, 6) is 0. The molecule has 1 heterocycles. The average Bonchev–Trinajstić information content (AvgIpc) is 2.58. The molecule has 0 saturated carbocycles. The molecule has 0 atom stereocenters. The largest absolute Gasteiger partial charge is 0.280 e. The summed E-state index contributed by atoms with van der Waals surface area (Å²) >= 11 is 0. The first-order chi connectivity index (χ1) is 7.68. The normalized spacial score (nSPS) is 11.2. The van der Waals surface area contributed by atoms with Gasteiger partial charge in [0, 0.05) is 0 Å². The van der Waals surface area contributed by atoms with Crippen LogP contribution in [-0.2, 0) is 0 Å². The highest BCUT2D eigenvalue weighted by Gasteiger charge is 2.04. The van der Waals surface area contributed by atoms with Crippen molar-refractivity contribution in [1.82, 2.24) is 10.2 Å². The molecule has 82 valence electrons. The van der Waals surface area contributed by atoms with Crippen LogP contribution in [0.15, 0.2) is 34.5 Å². The topological polar surface area (TPSA) is 53.4 Å². The zero-order valence-corrected chi connectivity index (χ0v) is 9.65. The van der Waals surface area contributed by atoms with Crippen molar-refractivity contribution < 1.29 is 0 Å². The van der Waals surface area contributed by atoms with Crippen LogP contribution in [-0.4, -0.2) is 10.2 Å². The molecule has 0 spiro atoms. The molecular weight excluding hydrogens is 200 g/mol. The molecule has 0 fully saturated rings. The predicted octanol–water partition coefficient (Wildman–Crippen LogP) is 3.75. The number of nitrogens with zero attached hydrogens (tertiary/aromatic N) is 3.